The smallest absolute Gasteiger partial charge is 0.325 e. The lowest BCUT2D eigenvalue weighted by atomic mass is 10.0. The molecule has 35 heavy (non-hydrogen) atoms. The van der Waals surface area contributed by atoms with E-state index in [9.17, 15) is 27.6 Å². The van der Waals surface area contributed by atoms with Gasteiger partial charge in [-0.2, -0.15) is 5.10 Å². The zero-order chi connectivity index (χ0) is 24.5. The lowest BCUT2D eigenvalue weighted by Gasteiger charge is -2.38. The number of benzene rings is 1. The molecule has 0 unspecified atom stereocenters. The van der Waals surface area contributed by atoms with Crippen molar-refractivity contribution in [1.29, 1.82) is 0 Å². The third-order valence-corrected chi connectivity index (χ3v) is 6.39. The van der Waals surface area contributed by atoms with Crippen molar-refractivity contribution in [3.63, 3.8) is 0 Å². The third kappa shape index (κ3) is 3.70. The van der Waals surface area contributed by atoms with Gasteiger partial charge in [-0.15, -0.1) is 0 Å². The summed E-state index contributed by atoms with van der Waals surface area (Å²) in [5.41, 5.74) is 0.985. The van der Waals surface area contributed by atoms with E-state index in [0.29, 0.717) is 11.2 Å². The summed E-state index contributed by atoms with van der Waals surface area (Å²) in [5.74, 6) is -3.88. The molecule has 0 spiro atoms. The highest BCUT2D eigenvalue weighted by Gasteiger charge is 2.47. The van der Waals surface area contributed by atoms with E-state index < -0.39 is 36.2 Å². The highest BCUT2D eigenvalue weighted by atomic mass is 19.3. The highest BCUT2D eigenvalue weighted by molar-refractivity contribution is 5.93. The number of amides is 1. The van der Waals surface area contributed by atoms with Gasteiger partial charge in [0.05, 0.1) is 30.5 Å². The van der Waals surface area contributed by atoms with Crippen LogP contribution in [0.3, 0.4) is 0 Å². The van der Waals surface area contributed by atoms with E-state index in [4.69, 9.17) is 0 Å². The summed E-state index contributed by atoms with van der Waals surface area (Å²) in [4.78, 5) is 46.5. The van der Waals surface area contributed by atoms with E-state index >= 15 is 0 Å². The molecule has 9 nitrogen and oxygen atoms in total. The fourth-order valence-corrected chi connectivity index (χ4v) is 4.54. The number of H-pyrrole nitrogens is 2. The number of carbonyl (C=O) groups excluding carboxylic acids is 1. The average molecular weight is 482 g/mol. The van der Waals surface area contributed by atoms with Gasteiger partial charge in [0.2, 0.25) is 0 Å². The Labute approximate surface area is 194 Å². The van der Waals surface area contributed by atoms with Gasteiger partial charge in [0, 0.05) is 11.8 Å². The Morgan fingerprint density at radius 1 is 1.11 bits per heavy atom. The van der Waals surface area contributed by atoms with E-state index in [0.717, 1.165) is 16.9 Å². The van der Waals surface area contributed by atoms with Crippen LogP contribution >= 0.6 is 0 Å². The standard InChI is InChI=1S/C23H17F3N6O3/c24-12-3-1-11(2-4-12)13-5-14(13)15-6-17(16-7-27-22(35)29-20(16)33)30-32-8-18(28-19(15)32)21(34)31-9-23(25,26)10-31/h1-4,6-8,13-14H,5,9-10H2,(H2,27,29,33,35)/t13-,14+/m1/s1. The minimum atomic E-state index is -2.91. The highest BCUT2D eigenvalue weighted by Crippen LogP contribution is 2.55. The molecule has 4 aromatic rings. The average Bonchev–Trinajstić information content (AvgIpc) is 3.47. The van der Waals surface area contributed by atoms with Gasteiger partial charge in [0.15, 0.2) is 5.65 Å². The number of nitrogens with zero attached hydrogens (tertiary/aromatic N) is 4. The van der Waals surface area contributed by atoms with Crippen molar-refractivity contribution < 1.29 is 18.0 Å². The molecule has 2 aliphatic rings. The Bertz CT molecular complexity index is 1600. The van der Waals surface area contributed by atoms with Crippen LogP contribution in [0.4, 0.5) is 13.2 Å². The molecule has 1 aliphatic heterocycles. The van der Waals surface area contributed by atoms with Crippen LogP contribution in [0.15, 0.2) is 52.3 Å². The van der Waals surface area contributed by atoms with Crippen molar-refractivity contribution in [3.8, 4) is 11.3 Å². The summed E-state index contributed by atoms with van der Waals surface area (Å²) in [7, 11) is 0. The summed E-state index contributed by atoms with van der Waals surface area (Å²) >= 11 is 0. The molecule has 2 N–H and O–H groups in total. The van der Waals surface area contributed by atoms with Crippen molar-refractivity contribution in [3.05, 3.63) is 86.2 Å². The monoisotopic (exact) mass is 482 g/mol. The summed E-state index contributed by atoms with van der Waals surface area (Å²) < 4.78 is 41.3. The molecular formula is C23H17F3N6O3. The van der Waals surface area contributed by atoms with Gasteiger partial charge in [0.25, 0.3) is 17.4 Å². The van der Waals surface area contributed by atoms with Gasteiger partial charge in [-0.1, -0.05) is 12.1 Å². The maximum absolute atomic E-state index is 13.4. The van der Waals surface area contributed by atoms with Crippen LogP contribution in [-0.2, 0) is 0 Å². The predicted octanol–water partition coefficient (Wildman–Crippen LogP) is 2.27. The van der Waals surface area contributed by atoms with Crippen LogP contribution in [0.5, 0.6) is 0 Å². The van der Waals surface area contributed by atoms with E-state index in [1.165, 1.54) is 29.0 Å². The van der Waals surface area contributed by atoms with Crippen molar-refractivity contribution in [2.75, 3.05) is 13.1 Å². The second kappa shape index (κ2) is 7.39. The number of rotatable bonds is 4. The molecule has 178 valence electrons. The number of carbonyl (C=O) groups is 1. The van der Waals surface area contributed by atoms with Crippen LogP contribution in [0.2, 0.25) is 0 Å². The van der Waals surface area contributed by atoms with Crippen LogP contribution in [0, 0.1) is 5.82 Å². The second-order valence-electron chi connectivity index (χ2n) is 8.88. The molecule has 0 bridgehead atoms. The molecule has 1 amide bonds. The Morgan fingerprint density at radius 3 is 2.54 bits per heavy atom. The molecule has 3 aromatic heterocycles. The Kier molecular flexibility index (Phi) is 4.50. The van der Waals surface area contributed by atoms with E-state index in [-0.39, 0.29) is 34.6 Å². The van der Waals surface area contributed by atoms with Crippen molar-refractivity contribution in [2.45, 2.75) is 24.2 Å². The molecule has 0 radical (unpaired) electrons. The van der Waals surface area contributed by atoms with Gasteiger partial charge in [0.1, 0.15) is 11.5 Å². The predicted molar refractivity (Wildman–Crippen MR) is 117 cm³/mol. The molecule has 6 rings (SSSR count). The first kappa shape index (κ1) is 21.3. The number of aromatic amines is 2. The maximum atomic E-state index is 13.4. The number of hydrogen-bond donors (Lipinski definition) is 2. The number of fused-ring (bicyclic) bond motifs is 1. The van der Waals surface area contributed by atoms with Crippen LogP contribution < -0.4 is 11.2 Å². The third-order valence-electron chi connectivity index (χ3n) is 6.39. The quantitative estimate of drug-likeness (QED) is 0.463. The van der Waals surface area contributed by atoms with Crippen LogP contribution in [0.25, 0.3) is 16.9 Å². The number of hydrogen-bond acceptors (Lipinski definition) is 5. The Hall–Kier alpha value is -4.22. The van der Waals surface area contributed by atoms with Gasteiger partial charge < -0.3 is 9.88 Å². The SMILES string of the molecule is O=C(c1cn2nc(-c3c[nH]c(=O)[nH]c3=O)cc([C@H]3C[C@@H]3c3ccc(F)cc3)c2n1)N1CC(F)(F)C1. The maximum Gasteiger partial charge on any atom is 0.325 e. The zero-order valence-corrected chi connectivity index (χ0v) is 18.0. The summed E-state index contributed by atoms with van der Waals surface area (Å²) in [6, 6.07) is 7.85. The molecule has 1 aliphatic carbocycles. The lowest BCUT2D eigenvalue weighted by Crippen LogP contribution is -2.58. The normalized spacial score (nSPS) is 20.6. The van der Waals surface area contributed by atoms with E-state index in [1.54, 1.807) is 18.2 Å². The molecular weight excluding hydrogens is 465 g/mol. The molecule has 4 heterocycles. The first-order valence-corrected chi connectivity index (χ1v) is 10.8. The van der Waals surface area contributed by atoms with Gasteiger partial charge in [-0.3, -0.25) is 14.6 Å². The fraction of sp³-hybridized carbons (Fsp3) is 0.261. The molecule has 2 fully saturated rings. The number of alkyl halides is 2. The van der Waals surface area contributed by atoms with Crippen molar-refractivity contribution in [2.24, 2.45) is 0 Å². The van der Waals surface area contributed by atoms with Crippen LogP contribution in [0.1, 0.15) is 39.9 Å². The minimum absolute atomic E-state index is 0.0410. The topological polar surface area (TPSA) is 116 Å². The molecule has 12 heteroatoms. The number of halogens is 3. The number of nitrogens with one attached hydrogen (secondary N) is 2. The molecule has 2 atom stereocenters. The van der Waals surface area contributed by atoms with Crippen LogP contribution in [-0.4, -0.2) is 54.4 Å². The minimum Gasteiger partial charge on any atom is -0.325 e. The summed E-state index contributed by atoms with van der Waals surface area (Å²) in [6.45, 7) is -1.35. The van der Waals surface area contributed by atoms with Gasteiger partial charge >= 0.3 is 5.69 Å². The van der Waals surface area contributed by atoms with Gasteiger partial charge in [-0.05, 0) is 42.0 Å². The Balaban J connectivity index is 1.44. The van der Waals surface area contributed by atoms with Gasteiger partial charge in [-0.25, -0.2) is 27.5 Å². The number of imidazole rings is 1. The second-order valence-corrected chi connectivity index (χ2v) is 8.88. The number of aromatic nitrogens is 5. The zero-order valence-electron chi connectivity index (χ0n) is 18.0. The van der Waals surface area contributed by atoms with Crippen molar-refractivity contribution in [1.82, 2.24) is 29.5 Å². The molecule has 1 saturated carbocycles. The molecule has 1 saturated heterocycles. The summed E-state index contributed by atoms with van der Waals surface area (Å²) in [5, 5.41) is 4.39. The largest absolute Gasteiger partial charge is 0.325 e. The first-order valence-electron chi connectivity index (χ1n) is 10.8. The number of likely N-dealkylation sites (tertiary alicyclic amines) is 1. The van der Waals surface area contributed by atoms with E-state index in [1.807, 2.05) is 0 Å². The Morgan fingerprint density at radius 2 is 1.86 bits per heavy atom. The molecule has 1 aromatic carbocycles. The lowest BCUT2D eigenvalue weighted by molar-refractivity contribution is -0.113. The first-order chi connectivity index (χ1) is 16.7. The fourth-order valence-electron chi connectivity index (χ4n) is 4.54. The van der Waals surface area contributed by atoms with E-state index in [2.05, 4.69) is 20.1 Å². The summed E-state index contributed by atoms with van der Waals surface area (Å²) in [6.07, 6.45) is 3.31. The van der Waals surface area contributed by atoms with Crippen molar-refractivity contribution >= 4 is 11.6 Å².